The van der Waals surface area contributed by atoms with Gasteiger partial charge in [0.15, 0.2) is 0 Å². The fourth-order valence-corrected chi connectivity index (χ4v) is 2.74. The molecule has 4 nitrogen and oxygen atoms in total. The Kier molecular flexibility index (Phi) is 6.41. The molecule has 0 saturated carbocycles. The van der Waals surface area contributed by atoms with E-state index in [0.29, 0.717) is 0 Å². The van der Waals surface area contributed by atoms with E-state index < -0.39 is 0 Å². The Balaban J connectivity index is 1.99. The summed E-state index contributed by atoms with van der Waals surface area (Å²) in [6.07, 6.45) is 7.01. The van der Waals surface area contributed by atoms with Crippen molar-refractivity contribution in [3.63, 3.8) is 0 Å². The minimum Gasteiger partial charge on any atom is -0.369 e. The Morgan fingerprint density at radius 1 is 1.22 bits per heavy atom. The van der Waals surface area contributed by atoms with Crippen molar-refractivity contribution in [2.45, 2.75) is 20.8 Å². The molecular weight excluding hydrogens is 286 g/mol. The Labute approximate surface area is 139 Å². The van der Waals surface area contributed by atoms with Gasteiger partial charge in [-0.15, -0.1) is 0 Å². The van der Waals surface area contributed by atoms with E-state index >= 15 is 0 Å². The van der Waals surface area contributed by atoms with Crippen LogP contribution in [0.25, 0.3) is 0 Å². The molecule has 1 N–H and O–H groups in total. The molecule has 0 aliphatic carbocycles. The molecule has 0 spiro atoms. The average Bonchev–Trinajstić information content (AvgIpc) is 2.57. The predicted molar refractivity (Wildman–Crippen MR) is 98.1 cm³/mol. The van der Waals surface area contributed by atoms with Crippen LogP contribution in [-0.4, -0.2) is 43.5 Å². The summed E-state index contributed by atoms with van der Waals surface area (Å²) in [6.45, 7) is 11.6. The smallest absolute Gasteiger partial charge is 0.248 e. The van der Waals surface area contributed by atoms with Gasteiger partial charge in [-0.05, 0) is 44.2 Å². The molecule has 0 aromatic heterocycles. The van der Waals surface area contributed by atoms with Gasteiger partial charge in [-0.3, -0.25) is 4.79 Å². The van der Waals surface area contributed by atoms with Gasteiger partial charge in [0.2, 0.25) is 5.91 Å². The molecule has 1 aromatic rings. The van der Waals surface area contributed by atoms with Gasteiger partial charge in [0.1, 0.15) is 0 Å². The predicted octanol–water partition coefficient (Wildman–Crippen LogP) is 3.21. The first-order chi connectivity index (χ1) is 11.1. The molecular formula is C19H27N3O. The fraction of sp³-hybridized carbons (Fsp3) is 0.421. The van der Waals surface area contributed by atoms with Gasteiger partial charge in [-0.2, -0.15) is 0 Å². The molecule has 1 aromatic carbocycles. The molecule has 1 amide bonds. The highest BCUT2D eigenvalue weighted by molar-refractivity contribution is 6.00. The quantitative estimate of drug-likeness (QED) is 0.670. The van der Waals surface area contributed by atoms with Crippen LogP contribution in [0.2, 0.25) is 0 Å². The maximum Gasteiger partial charge on any atom is 0.248 e. The molecule has 2 rings (SSSR count). The zero-order valence-electron chi connectivity index (χ0n) is 14.4. The average molecular weight is 313 g/mol. The minimum absolute atomic E-state index is 0.101. The second-order valence-electron chi connectivity index (χ2n) is 5.79. The highest BCUT2D eigenvalue weighted by Gasteiger charge is 2.16. The van der Waals surface area contributed by atoms with Gasteiger partial charge in [-0.25, -0.2) is 0 Å². The van der Waals surface area contributed by atoms with Gasteiger partial charge in [0.05, 0.1) is 0 Å². The first kappa shape index (κ1) is 17.3. The van der Waals surface area contributed by atoms with Crippen LogP contribution in [0.3, 0.4) is 0 Å². The molecule has 1 aliphatic heterocycles. The van der Waals surface area contributed by atoms with E-state index in [-0.39, 0.29) is 5.91 Å². The van der Waals surface area contributed by atoms with Crippen LogP contribution in [0, 0.1) is 6.92 Å². The van der Waals surface area contributed by atoms with Crippen molar-refractivity contribution in [2.75, 3.05) is 42.9 Å². The monoisotopic (exact) mass is 313 g/mol. The lowest BCUT2D eigenvalue weighted by atomic mass is 10.1. The lowest BCUT2D eigenvalue weighted by molar-refractivity contribution is -0.111. The number of anilines is 2. The van der Waals surface area contributed by atoms with Crippen molar-refractivity contribution in [3.05, 3.63) is 48.1 Å². The number of amides is 1. The van der Waals surface area contributed by atoms with E-state index in [1.165, 1.54) is 11.8 Å². The standard InChI is InChI=1S/C19H27N3O/c1-4-6-7-8-19(23)20-18-10-9-17(15-16(18)3)22-13-11-21(5-2)12-14-22/h4,6-10,15H,5,11-14H2,1-3H3,(H,20,23)/b6-4+,8-7+. The highest BCUT2D eigenvalue weighted by atomic mass is 16.1. The number of aryl methyl sites for hydroxylation is 1. The SMILES string of the molecule is C/C=C/C=C/C(=O)Nc1ccc(N2CCN(CC)CC2)cc1C. The number of piperazine rings is 1. The van der Waals surface area contributed by atoms with Crippen LogP contribution in [0.1, 0.15) is 19.4 Å². The maximum atomic E-state index is 11.8. The number of likely N-dealkylation sites (N-methyl/N-ethyl adjacent to an activating group) is 1. The molecule has 0 radical (unpaired) electrons. The van der Waals surface area contributed by atoms with Gasteiger partial charge in [0, 0.05) is 43.6 Å². The second-order valence-corrected chi connectivity index (χ2v) is 5.79. The largest absolute Gasteiger partial charge is 0.369 e. The van der Waals surface area contributed by atoms with Crippen molar-refractivity contribution in [1.82, 2.24) is 4.90 Å². The van der Waals surface area contributed by atoms with Crippen LogP contribution in [0.4, 0.5) is 11.4 Å². The molecule has 1 heterocycles. The zero-order valence-corrected chi connectivity index (χ0v) is 14.4. The molecule has 1 saturated heterocycles. The molecule has 0 unspecified atom stereocenters. The Bertz CT molecular complexity index is 584. The summed E-state index contributed by atoms with van der Waals surface area (Å²) in [6, 6.07) is 6.25. The van der Waals surface area contributed by atoms with Crippen molar-refractivity contribution >= 4 is 17.3 Å². The first-order valence-electron chi connectivity index (χ1n) is 8.32. The zero-order chi connectivity index (χ0) is 16.7. The number of rotatable bonds is 5. The summed E-state index contributed by atoms with van der Waals surface area (Å²) >= 11 is 0. The number of nitrogens with one attached hydrogen (secondary N) is 1. The Morgan fingerprint density at radius 3 is 2.57 bits per heavy atom. The number of hydrogen-bond acceptors (Lipinski definition) is 3. The third-order valence-electron chi connectivity index (χ3n) is 4.20. The summed E-state index contributed by atoms with van der Waals surface area (Å²) in [5.41, 5.74) is 3.20. The number of benzene rings is 1. The van der Waals surface area contributed by atoms with Crippen LogP contribution in [-0.2, 0) is 4.79 Å². The van der Waals surface area contributed by atoms with Crippen molar-refractivity contribution < 1.29 is 4.79 Å². The molecule has 4 heteroatoms. The fourth-order valence-electron chi connectivity index (χ4n) is 2.74. The third kappa shape index (κ3) is 4.96. The first-order valence-corrected chi connectivity index (χ1v) is 8.32. The van der Waals surface area contributed by atoms with Gasteiger partial charge < -0.3 is 15.1 Å². The molecule has 23 heavy (non-hydrogen) atoms. The normalized spacial score (nSPS) is 16.4. The molecule has 0 atom stereocenters. The van der Waals surface area contributed by atoms with Crippen LogP contribution in [0.5, 0.6) is 0 Å². The number of allylic oxidation sites excluding steroid dienone is 3. The lowest BCUT2D eigenvalue weighted by Gasteiger charge is -2.35. The summed E-state index contributed by atoms with van der Waals surface area (Å²) < 4.78 is 0. The molecule has 1 fully saturated rings. The van der Waals surface area contributed by atoms with Crippen LogP contribution in [0.15, 0.2) is 42.5 Å². The lowest BCUT2D eigenvalue weighted by Crippen LogP contribution is -2.46. The minimum atomic E-state index is -0.101. The van der Waals surface area contributed by atoms with Crippen molar-refractivity contribution in [3.8, 4) is 0 Å². The molecule has 1 aliphatic rings. The number of nitrogens with zero attached hydrogens (tertiary/aromatic N) is 2. The van der Waals surface area contributed by atoms with E-state index in [1.54, 1.807) is 6.08 Å². The van der Waals surface area contributed by atoms with Crippen molar-refractivity contribution in [1.29, 1.82) is 0 Å². The van der Waals surface area contributed by atoms with E-state index in [1.807, 2.05) is 32.1 Å². The van der Waals surface area contributed by atoms with E-state index in [4.69, 9.17) is 0 Å². The Hall–Kier alpha value is -2.07. The summed E-state index contributed by atoms with van der Waals surface area (Å²) in [4.78, 5) is 16.7. The van der Waals surface area contributed by atoms with Gasteiger partial charge in [-0.1, -0.05) is 25.2 Å². The number of carbonyl (C=O) groups excluding carboxylic acids is 1. The van der Waals surface area contributed by atoms with Crippen LogP contribution >= 0.6 is 0 Å². The van der Waals surface area contributed by atoms with E-state index in [2.05, 4.69) is 34.2 Å². The molecule has 124 valence electrons. The summed E-state index contributed by atoms with van der Waals surface area (Å²) in [5.74, 6) is -0.101. The maximum absolute atomic E-state index is 11.8. The van der Waals surface area contributed by atoms with Crippen LogP contribution < -0.4 is 10.2 Å². The number of carbonyl (C=O) groups is 1. The van der Waals surface area contributed by atoms with Crippen molar-refractivity contribution in [2.24, 2.45) is 0 Å². The number of hydrogen-bond donors (Lipinski definition) is 1. The summed E-state index contributed by atoms with van der Waals surface area (Å²) in [5, 5.41) is 2.93. The Morgan fingerprint density at radius 2 is 1.96 bits per heavy atom. The van der Waals surface area contributed by atoms with Gasteiger partial charge >= 0.3 is 0 Å². The van der Waals surface area contributed by atoms with Gasteiger partial charge in [0.25, 0.3) is 0 Å². The van der Waals surface area contributed by atoms with E-state index in [9.17, 15) is 4.79 Å². The molecule has 0 bridgehead atoms. The topological polar surface area (TPSA) is 35.6 Å². The highest BCUT2D eigenvalue weighted by Crippen LogP contribution is 2.23. The van der Waals surface area contributed by atoms with E-state index in [0.717, 1.165) is 44.0 Å². The second kappa shape index (κ2) is 8.53. The summed E-state index contributed by atoms with van der Waals surface area (Å²) in [7, 11) is 0. The third-order valence-corrected chi connectivity index (χ3v) is 4.20.